The Morgan fingerprint density at radius 1 is 1.70 bits per heavy atom. The van der Waals surface area contributed by atoms with Crippen LogP contribution in [0.1, 0.15) is 13.3 Å². The first kappa shape index (κ1) is 8.74. The summed E-state index contributed by atoms with van der Waals surface area (Å²) >= 11 is 0. The third-order valence-corrected chi connectivity index (χ3v) is 0.915. The molecule has 2 amide bonds. The first-order valence-electron chi connectivity index (χ1n) is 2.91. The monoisotopic (exact) mass is 144 g/mol. The van der Waals surface area contributed by atoms with Gasteiger partial charge in [0.2, 0.25) is 0 Å². The molecule has 1 atom stereocenters. The zero-order valence-electron chi connectivity index (χ0n) is 5.85. The van der Waals surface area contributed by atoms with Crippen molar-refractivity contribution in [1.82, 2.24) is 5.32 Å². The molecule has 0 rings (SSSR count). The number of urea groups is 1. The maximum absolute atomic E-state index is 10.2. The minimum absolute atomic E-state index is 0.0428. The lowest BCUT2D eigenvalue weighted by Crippen LogP contribution is -2.38. The molecule has 0 aromatic heterocycles. The average molecular weight is 144 g/mol. The second-order valence-corrected chi connectivity index (χ2v) is 2.14. The van der Waals surface area contributed by atoms with Gasteiger partial charge in [0.15, 0.2) is 0 Å². The summed E-state index contributed by atoms with van der Waals surface area (Å²) in [5.74, 6) is 0.0428. The number of amidine groups is 1. The van der Waals surface area contributed by atoms with Crippen LogP contribution in [0.5, 0.6) is 0 Å². The molecule has 0 fully saturated rings. The summed E-state index contributed by atoms with van der Waals surface area (Å²) in [5.41, 5.74) is 9.87. The molecule has 0 aliphatic rings. The van der Waals surface area contributed by atoms with Gasteiger partial charge < -0.3 is 16.8 Å². The molecule has 0 saturated carbocycles. The largest absolute Gasteiger partial charge is 0.388 e. The number of hydrogen-bond donors (Lipinski definition) is 4. The Morgan fingerprint density at radius 3 is 2.50 bits per heavy atom. The Balaban J connectivity index is 3.53. The molecular formula is C5H12N4O. The second kappa shape index (κ2) is 3.71. The van der Waals surface area contributed by atoms with E-state index in [0.717, 1.165) is 0 Å². The molecular weight excluding hydrogens is 132 g/mol. The van der Waals surface area contributed by atoms with Gasteiger partial charge in [0.25, 0.3) is 0 Å². The van der Waals surface area contributed by atoms with E-state index in [4.69, 9.17) is 16.9 Å². The summed E-state index contributed by atoms with van der Waals surface area (Å²) in [6, 6.07) is -0.747. The van der Waals surface area contributed by atoms with Crippen molar-refractivity contribution in [2.75, 3.05) is 0 Å². The molecule has 10 heavy (non-hydrogen) atoms. The topological polar surface area (TPSA) is 105 Å². The number of primary amides is 1. The fourth-order valence-corrected chi connectivity index (χ4v) is 0.624. The van der Waals surface area contributed by atoms with Crippen molar-refractivity contribution in [2.24, 2.45) is 11.5 Å². The number of rotatable bonds is 3. The lowest BCUT2D eigenvalue weighted by Gasteiger charge is -2.09. The highest BCUT2D eigenvalue weighted by Gasteiger charge is 2.03. The number of carbonyl (C=O) groups excluding carboxylic acids is 1. The van der Waals surface area contributed by atoms with Crippen LogP contribution in [0.2, 0.25) is 0 Å². The molecule has 5 nitrogen and oxygen atoms in total. The number of nitrogens with two attached hydrogens (primary N) is 2. The van der Waals surface area contributed by atoms with Gasteiger partial charge in [0, 0.05) is 12.5 Å². The fraction of sp³-hybridized carbons (Fsp3) is 0.600. The van der Waals surface area contributed by atoms with E-state index in [-0.39, 0.29) is 11.9 Å². The van der Waals surface area contributed by atoms with Gasteiger partial charge >= 0.3 is 6.03 Å². The third kappa shape index (κ3) is 4.89. The van der Waals surface area contributed by atoms with E-state index in [1.54, 1.807) is 6.92 Å². The van der Waals surface area contributed by atoms with Crippen molar-refractivity contribution in [2.45, 2.75) is 19.4 Å². The number of amides is 2. The molecule has 0 heterocycles. The highest BCUT2D eigenvalue weighted by Crippen LogP contribution is 1.86. The molecule has 0 saturated heterocycles. The number of nitrogens with one attached hydrogen (secondary N) is 2. The molecule has 0 radical (unpaired) electrons. The maximum Gasteiger partial charge on any atom is 0.312 e. The van der Waals surface area contributed by atoms with Crippen molar-refractivity contribution in [3.8, 4) is 0 Å². The first-order valence-corrected chi connectivity index (χ1v) is 2.91. The van der Waals surface area contributed by atoms with Gasteiger partial charge in [-0.25, -0.2) is 4.79 Å². The predicted molar refractivity (Wildman–Crippen MR) is 38.7 cm³/mol. The lowest BCUT2D eigenvalue weighted by atomic mass is 10.2. The van der Waals surface area contributed by atoms with Crippen LogP contribution < -0.4 is 16.8 Å². The Kier molecular flexibility index (Phi) is 3.24. The second-order valence-electron chi connectivity index (χ2n) is 2.14. The van der Waals surface area contributed by atoms with Crippen LogP contribution in [-0.4, -0.2) is 17.9 Å². The van der Waals surface area contributed by atoms with E-state index >= 15 is 0 Å². The van der Waals surface area contributed by atoms with Crippen LogP contribution >= 0.6 is 0 Å². The standard InChI is InChI=1S/C5H12N4O/c1-3(2-4(6)7)9-5(8)10/h3H,2H2,1H3,(H3,6,7)(H3,8,9,10). The van der Waals surface area contributed by atoms with Crippen LogP contribution in [0.25, 0.3) is 0 Å². The molecule has 0 aliphatic carbocycles. The van der Waals surface area contributed by atoms with E-state index in [1.807, 2.05) is 0 Å². The van der Waals surface area contributed by atoms with Gasteiger partial charge in [-0.1, -0.05) is 0 Å². The van der Waals surface area contributed by atoms with Crippen LogP contribution in [0.4, 0.5) is 4.79 Å². The van der Waals surface area contributed by atoms with Crippen LogP contribution in [-0.2, 0) is 0 Å². The van der Waals surface area contributed by atoms with E-state index < -0.39 is 6.03 Å². The van der Waals surface area contributed by atoms with E-state index in [2.05, 4.69) is 5.32 Å². The molecule has 6 N–H and O–H groups in total. The van der Waals surface area contributed by atoms with E-state index in [9.17, 15) is 4.79 Å². The van der Waals surface area contributed by atoms with Crippen LogP contribution in [0, 0.1) is 5.41 Å². The zero-order chi connectivity index (χ0) is 8.15. The van der Waals surface area contributed by atoms with E-state index in [1.165, 1.54) is 0 Å². The SMILES string of the molecule is CC(CC(=N)N)NC(N)=O. The van der Waals surface area contributed by atoms with Gasteiger partial charge in [-0.15, -0.1) is 0 Å². The molecule has 1 unspecified atom stereocenters. The number of hydrogen-bond acceptors (Lipinski definition) is 2. The summed E-state index contributed by atoms with van der Waals surface area (Å²) < 4.78 is 0. The minimum atomic E-state index is -0.589. The molecule has 5 heteroatoms. The Bertz CT molecular complexity index is 129. The Hall–Kier alpha value is -1.26. The van der Waals surface area contributed by atoms with Crippen molar-refractivity contribution >= 4 is 11.9 Å². The van der Waals surface area contributed by atoms with Gasteiger partial charge in [-0.3, -0.25) is 5.41 Å². The fourth-order valence-electron chi connectivity index (χ4n) is 0.624. The number of carbonyl (C=O) groups is 1. The van der Waals surface area contributed by atoms with Crippen LogP contribution in [0.15, 0.2) is 0 Å². The summed E-state index contributed by atoms with van der Waals surface area (Å²) in [4.78, 5) is 10.2. The van der Waals surface area contributed by atoms with Crippen molar-refractivity contribution in [3.05, 3.63) is 0 Å². The molecule has 0 aromatic carbocycles. The Morgan fingerprint density at radius 2 is 2.20 bits per heavy atom. The smallest absolute Gasteiger partial charge is 0.312 e. The van der Waals surface area contributed by atoms with Gasteiger partial charge in [-0.05, 0) is 6.92 Å². The quantitative estimate of drug-likeness (QED) is 0.313. The van der Waals surface area contributed by atoms with Gasteiger partial charge in [-0.2, -0.15) is 0 Å². The van der Waals surface area contributed by atoms with Crippen molar-refractivity contribution < 1.29 is 4.79 Å². The summed E-state index contributed by atoms with van der Waals surface area (Å²) in [6.45, 7) is 1.73. The summed E-state index contributed by atoms with van der Waals surface area (Å²) in [6.07, 6.45) is 0.336. The van der Waals surface area contributed by atoms with Crippen LogP contribution in [0.3, 0.4) is 0 Å². The lowest BCUT2D eigenvalue weighted by molar-refractivity contribution is 0.246. The molecule has 0 bridgehead atoms. The molecule has 0 aliphatic heterocycles. The average Bonchev–Trinajstić information content (AvgIpc) is 1.58. The van der Waals surface area contributed by atoms with E-state index in [0.29, 0.717) is 6.42 Å². The third-order valence-electron chi connectivity index (χ3n) is 0.915. The van der Waals surface area contributed by atoms with Gasteiger partial charge in [0.1, 0.15) is 0 Å². The highest BCUT2D eigenvalue weighted by atomic mass is 16.2. The Labute approximate surface area is 59.3 Å². The molecule has 0 spiro atoms. The van der Waals surface area contributed by atoms with Crippen molar-refractivity contribution in [3.63, 3.8) is 0 Å². The highest BCUT2D eigenvalue weighted by molar-refractivity contribution is 5.78. The van der Waals surface area contributed by atoms with Crippen molar-refractivity contribution in [1.29, 1.82) is 5.41 Å². The minimum Gasteiger partial charge on any atom is -0.388 e. The van der Waals surface area contributed by atoms with Gasteiger partial charge in [0.05, 0.1) is 5.84 Å². The zero-order valence-corrected chi connectivity index (χ0v) is 5.85. The summed E-state index contributed by atoms with van der Waals surface area (Å²) in [5, 5.41) is 9.25. The molecule has 0 aromatic rings. The first-order chi connectivity index (χ1) is 4.52. The summed E-state index contributed by atoms with van der Waals surface area (Å²) in [7, 11) is 0. The molecule has 58 valence electrons. The predicted octanol–water partition coefficient (Wildman–Crippen LogP) is -0.631. The normalized spacial score (nSPS) is 12.1. The maximum atomic E-state index is 10.2.